The first-order valence-electron chi connectivity index (χ1n) is 6.26. The fraction of sp³-hybridized carbons (Fsp3) is 0.231. The number of aryl methyl sites for hydroxylation is 1. The molecule has 2 aromatic heterocycles. The molecular formula is C13H13N5S2. The number of hydrogen-bond acceptors (Lipinski definition) is 5. The van der Waals surface area contributed by atoms with Crippen molar-refractivity contribution in [2.24, 2.45) is 5.73 Å². The molecule has 102 valence electrons. The molecule has 0 aliphatic heterocycles. The molecule has 1 aromatic carbocycles. The number of nitrogens with zero attached hydrogens (tertiary/aromatic N) is 4. The average Bonchev–Trinajstić information content (AvgIpc) is 3.00. The van der Waals surface area contributed by atoms with Gasteiger partial charge in [-0.15, -0.1) is 0 Å². The third-order valence-corrected chi connectivity index (χ3v) is 3.81. The van der Waals surface area contributed by atoms with Crippen molar-refractivity contribution in [2.45, 2.75) is 19.8 Å². The highest BCUT2D eigenvalue weighted by atomic mass is 32.1. The highest BCUT2D eigenvalue weighted by molar-refractivity contribution is 7.80. The van der Waals surface area contributed by atoms with Crippen molar-refractivity contribution >= 4 is 39.8 Å². The summed E-state index contributed by atoms with van der Waals surface area (Å²) in [6, 6.07) is 7.92. The van der Waals surface area contributed by atoms with Gasteiger partial charge in [-0.3, -0.25) is 4.57 Å². The second-order valence-electron chi connectivity index (χ2n) is 4.34. The Kier molecular flexibility index (Phi) is 3.45. The Morgan fingerprint density at radius 2 is 2.15 bits per heavy atom. The summed E-state index contributed by atoms with van der Waals surface area (Å²) < 4.78 is 6.33. The van der Waals surface area contributed by atoms with Gasteiger partial charge in [0.2, 0.25) is 5.13 Å². The smallest absolute Gasteiger partial charge is 0.215 e. The van der Waals surface area contributed by atoms with Crippen LogP contribution in [0.1, 0.15) is 18.6 Å². The summed E-state index contributed by atoms with van der Waals surface area (Å²) in [7, 11) is 0. The summed E-state index contributed by atoms with van der Waals surface area (Å²) in [5.41, 5.74) is 7.58. The van der Waals surface area contributed by atoms with Crippen molar-refractivity contribution in [3.63, 3.8) is 0 Å². The molecule has 0 saturated carbocycles. The van der Waals surface area contributed by atoms with Crippen LogP contribution in [0.3, 0.4) is 0 Å². The van der Waals surface area contributed by atoms with Crippen molar-refractivity contribution in [1.29, 1.82) is 0 Å². The molecule has 5 nitrogen and oxygen atoms in total. The third-order valence-electron chi connectivity index (χ3n) is 2.93. The van der Waals surface area contributed by atoms with Crippen LogP contribution in [-0.4, -0.2) is 23.9 Å². The van der Waals surface area contributed by atoms with E-state index in [0.29, 0.717) is 11.4 Å². The minimum absolute atomic E-state index is 0.418. The fourth-order valence-corrected chi connectivity index (χ4v) is 2.96. The van der Waals surface area contributed by atoms with E-state index in [1.165, 1.54) is 11.5 Å². The van der Waals surface area contributed by atoms with Gasteiger partial charge < -0.3 is 5.73 Å². The Hall–Kier alpha value is -1.86. The minimum Gasteiger partial charge on any atom is -0.393 e. The highest BCUT2D eigenvalue weighted by Crippen LogP contribution is 2.23. The van der Waals surface area contributed by atoms with Crippen LogP contribution >= 0.6 is 23.8 Å². The number of rotatable bonds is 4. The molecule has 0 fully saturated rings. The fourth-order valence-electron chi connectivity index (χ4n) is 2.04. The number of benzene rings is 1. The number of thiocarbonyl (C=S) groups is 1. The minimum atomic E-state index is 0.418. The van der Waals surface area contributed by atoms with Crippen molar-refractivity contribution < 1.29 is 0 Å². The Balaban J connectivity index is 2.22. The van der Waals surface area contributed by atoms with Gasteiger partial charge in [-0.05, 0) is 12.1 Å². The SMILES string of the molecule is CCc1nsc(-n2c(CC(N)=S)nc3ccccc32)n1. The molecule has 3 aromatic rings. The van der Waals surface area contributed by atoms with Crippen LogP contribution in [0, 0.1) is 0 Å². The number of imidazole rings is 1. The standard InChI is InChI=1S/C13H13N5S2/c1-2-11-16-13(20-17-11)18-9-6-4-3-5-8(9)15-12(18)7-10(14)19/h3-6H,2,7H2,1H3,(H2,14,19). The van der Waals surface area contributed by atoms with E-state index in [1.807, 2.05) is 35.8 Å². The monoisotopic (exact) mass is 303 g/mol. The zero-order valence-corrected chi connectivity index (χ0v) is 12.5. The average molecular weight is 303 g/mol. The van der Waals surface area contributed by atoms with Crippen molar-refractivity contribution in [2.75, 3.05) is 0 Å². The summed E-state index contributed by atoms with van der Waals surface area (Å²) in [4.78, 5) is 9.55. The first-order valence-corrected chi connectivity index (χ1v) is 7.45. The molecule has 3 rings (SSSR count). The molecule has 2 N–H and O–H groups in total. The van der Waals surface area contributed by atoms with Gasteiger partial charge in [0.25, 0.3) is 0 Å². The van der Waals surface area contributed by atoms with E-state index in [9.17, 15) is 0 Å². The summed E-state index contributed by atoms with van der Waals surface area (Å²) in [6.45, 7) is 2.04. The van der Waals surface area contributed by atoms with Crippen molar-refractivity contribution in [1.82, 2.24) is 18.9 Å². The van der Waals surface area contributed by atoms with E-state index in [1.54, 1.807) is 0 Å². The van der Waals surface area contributed by atoms with Crippen LogP contribution < -0.4 is 5.73 Å². The topological polar surface area (TPSA) is 69.6 Å². The lowest BCUT2D eigenvalue weighted by atomic mass is 10.3. The number of aromatic nitrogens is 4. The molecule has 0 unspecified atom stereocenters. The highest BCUT2D eigenvalue weighted by Gasteiger charge is 2.16. The van der Waals surface area contributed by atoms with Crippen LogP contribution in [0.5, 0.6) is 0 Å². The van der Waals surface area contributed by atoms with Crippen molar-refractivity contribution in [3.8, 4) is 5.13 Å². The molecule has 0 amide bonds. The van der Waals surface area contributed by atoms with E-state index < -0.39 is 0 Å². The van der Waals surface area contributed by atoms with Crippen LogP contribution in [0.15, 0.2) is 24.3 Å². The van der Waals surface area contributed by atoms with Gasteiger partial charge in [0.05, 0.1) is 22.4 Å². The normalized spacial score (nSPS) is 11.1. The van der Waals surface area contributed by atoms with E-state index in [-0.39, 0.29) is 0 Å². The number of fused-ring (bicyclic) bond motifs is 1. The van der Waals surface area contributed by atoms with E-state index >= 15 is 0 Å². The van der Waals surface area contributed by atoms with E-state index in [2.05, 4.69) is 14.3 Å². The summed E-state index contributed by atoms with van der Waals surface area (Å²) >= 11 is 6.38. The zero-order chi connectivity index (χ0) is 14.1. The predicted molar refractivity (Wildman–Crippen MR) is 84.4 cm³/mol. The molecule has 0 aliphatic rings. The lowest BCUT2D eigenvalue weighted by Gasteiger charge is -2.03. The summed E-state index contributed by atoms with van der Waals surface area (Å²) in [5, 5.41) is 0.807. The van der Waals surface area contributed by atoms with E-state index in [4.69, 9.17) is 18.0 Å². The maximum Gasteiger partial charge on any atom is 0.215 e. The molecule has 7 heteroatoms. The number of para-hydroxylation sites is 2. The number of nitrogens with two attached hydrogens (primary N) is 1. The first-order chi connectivity index (χ1) is 9.69. The van der Waals surface area contributed by atoms with Crippen molar-refractivity contribution in [3.05, 3.63) is 35.9 Å². The third kappa shape index (κ3) is 2.30. The van der Waals surface area contributed by atoms with Gasteiger partial charge >= 0.3 is 0 Å². The summed E-state index contributed by atoms with van der Waals surface area (Å²) in [5.74, 6) is 1.64. The summed E-state index contributed by atoms with van der Waals surface area (Å²) in [6.07, 6.45) is 1.26. The van der Waals surface area contributed by atoms with Crippen LogP contribution in [0.2, 0.25) is 0 Å². The Bertz CT molecular complexity index is 774. The molecule has 2 heterocycles. The molecule has 0 bridgehead atoms. The van der Waals surface area contributed by atoms with Crippen LogP contribution in [0.25, 0.3) is 16.2 Å². The Morgan fingerprint density at radius 1 is 1.35 bits per heavy atom. The van der Waals surface area contributed by atoms with Gasteiger partial charge in [0.15, 0.2) is 0 Å². The predicted octanol–water partition coefficient (Wildman–Crippen LogP) is 2.27. The van der Waals surface area contributed by atoms with Gasteiger partial charge in [-0.2, -0.15) is 4.37 Å². The number of hydrogen-bond donors (Lipinski definition) is 1. The lowest BCUT2D eigenvalue weighted by molar-refractivity contribution is 0.924. The second kappa shape index (κ2) is 5.26. The molecule has 20 heavy (non-hydrogen) atoms. The van der Waals surface area contributed by atoms with Gasteiger partial charge in [0.1, 0.15) is 11.6 Å². The largest absolute Gasteiger partial charge is 0.393 e. The molecule has 0 radical (unpaired) electrons. The Labute approximate surface area is 125 Å². The van der Waals surface area contributed by atoms with Gasteiger partial charge in [-0.1, -0.05) is 31.3 Å². The second-order valence-corrected chi connectivity index (χ2v) is 5.60. The maximum atomic E-state index is 5.67. The van der Waals surface area contributed by atoms with E-state index in [0.717, 1.165) is 34.2 Å². The molecule has 0 atom stereocenters. The van der Waals surface area contributed by atoms with Crippen LogP contribution in [-0.2, 0) is 12.8 Å². The quantitative estimate of drug-likeness (QED) is 0.749. The maximum absolute atomic E-state index is 5.67. The zero-order valence-electron chi connectivity index (χ0n) is 10.9. The van der Waals surface area contributed by atoms with Gasteiger partial charge in [0, 0.05) is 18.0 Å². The molecule has 0 aliphatic carbocycles. The lowest BCUT2D eigenvalue weighted by Crippen LogP contribution is -2.14. The van der Waals surface area contributed by atoms with Crippen LogP contribution in [0.4, 0.5) is 0 Å². The first kappa shape index (κ1) is 13.1. The molecular weight excluding hydrogens is 290 g/mol. The van der Waals surface area contributed by atoms with Gasteiger partial charge in [-0.25, -0.2) is 9.97 Å². The molecule has 0 spiro atoms. The Morgan fingerprint density at radius 3 is 2.85 bits per heavy atom. The molecule has 0 saturated heterocycles.